The van der Waals surface area contributed by atoms with Crippen molar-refractivity contribution in [3.8, 4) is 0 Å². The van der Waals surface area contributed by atoms with Crippen molar-refractivity contribution >= 4 is 16.0 Å². The molecule has 1 saturated heterocycles. The molecule has 1 aliphatic rings. The summed E-state index contributed by atoms with van der Waals surface area (Å²) in [7, 11) is -3.43. The zero-order chi connectivity index (χ0) is 16.0. The van der Waals surface area contributed by atoms with E-state index in [0.717, 1.165) is 18.2 Å². The second kappa shape index (κ2) is 7.71. The molecule has 1 fully saturated rings. The number of nitrogens with one attached hydrogen (secondary N) is 1. The number of amides is 1. The second-order valence-electron chi connectivity index (χ2n) is 5.55. The summed E-state index contributed by atoms with van der Waals surface area (Å²) in [5.41, 5.74) is 1.14. The molecule has 0 saturated carbocycles. The maximum absolute atomic E-state index is 11.3. The summed E-state index contributed by atoms with van der Waals surface area (Å²) in [5.74, 6) is 0.0806. The molecule has 0 aliphatic carbocycles. The molecule has 0 spiro atoms. The molecule has 0 aromatic heterocycles. The van der Waals surface area contributed by atoms with Crippen molar-refractivity contribution in [2.75, 3.05) is 26.0 Å². The van der Waals surface area contributed by atoms with Crippen LogP contribution in [-0.2, 0) is 25.6 Å². The van der Waals surface area contributed by atoms with Crippen molar-refractivity contribution in [1.29, 1.82) is 0 Å². The Morgan fingerprint density at radius 2 is 2.05 bits per heavy atom. The lowest BCUT2D eigenvalue weighted by Crippen LogP contribution is -2.40. The zero-order valence-electron chi connectivity index (χ0n) is 12.7. The Labute approximate surface area is 131 Å². The predicted molar refractivity (Wildman–Crippen MR) is 83.7 cm³/mol. The van der Waals surface area contributed by atoms with Crippen molar-refractivity contribution in [2.24, 2.45) is 0 Å². The Bertz CT molecular complexity index is 589. The maximum atomic E-state index is 11.3. The van der Waals surface area contributed by atoms with Crippen LogP contribution in [0.25, 0.3) is 0 Å². The lowest BCUT2D eigenvalue weighted by Gasteiger charge is -2.25. The highest BCUT2D eigenvalue weighted by Gasteiger charge is 2.23. The number of hydrogen-bond donors (Lipinski definition) is 1. The van der Waals surface area contributed by atoms with Crippen molar-refractivity contribution in [3.05, 3.63) is 35.9 Å². The third-order valence-corrected chi connectivity index (χ3v) is 4.11. The van der Waals surface area contributed by atoms with Gasteiger partial charge in [0.15, 0.2) is 0 Å². The van der Waals surface area contributed by atoms with E-state index in [1.165, 1.54) is 0 Å². The van der Waals surface area contributed by atoms with E-state index in [0.29, 0.717) is 26.1 Å². The second-order valence-corrected chi connectivity index (χ2v) is 7.19. The summed E-state index contributed by atoms with van der Waals surface area (Å²) >= 11 is 0. The number of rotatable bonds is 8. The highest BCUT2D eigenvalue weighted by atomic mass is 32.2. The van der Waals surface area contributed by atoms with Crippen LogP contribution in [-0.4, -0.2) is 51.2 Å². The van der Waals surface area contributed by atoms with Crippen molar-refractivity contribution in [2.45, 2.75) is 25.4 Å². The first-order valence-electron chi connectivity index (χ1n) is 7.32. The van der Waals surface area contributed by atoms with Crippen LogP contribution in [0.3, 0.4) is 0 Å². The molecular formula is C15H22N2O4S. The van der Waals surface area contributed by atoms with Crippen LogP contribution in [0.4, 0.5) is 0 Å². The van der Waals surface area contributed by atoms with Gasteiger partial charge in [-0.15, -0.1) is 0 Å². The van der Waals surface area contributed by atoms with E-state index in [-0.39, 0.29) is 18.6 Å². The first-order chi connectivity index (χ1) is 10.4. The summed E-state index contributed by atoms with van der Waals surface area (Å²) in [6, 6.07) is 10.1. The summed E-state index contributed by atoms with van der Waals surface area (Å²) in [6.07, 6.45) is 2.42. The number of nitrogens with zero attached hydrogens (tertiary/aromatic N) is 1. The smallest absolute Gasteiger partial charge is 0.264 e. The molecule has 1 aromatic rings. The molecule has 1 aromatic carbocycles. The molecule has 7 heteroatoms. The minimum absolute atomic E-state index is 0.0806. The molecule has 1 aliphatic heterocycles. The largest absolute Gasteiger partial charge is 0.352 e. The van der Waals surface area contributed by atoms with Gasteiger partial charge in [0, 0.05) is 32.1 Å². The number of carbonyl (C=O) groups is 1. The topological polar surface area (TPSA) is 75.7 Å². The van der Waals surface area contributed by atoms with Gasteiger partial charge in [-0.3, -0.25) is 13.9 Å². The summed E-state index contributed by atoms with van der Waals surface area (Å²) < 4.78 is 26.9. The average Bonchev–Trinajstić information content (AvgIpc) is 2.84. The Kier molecular flexibility index (Phi) is 5.93. The van der Waals surface area contributed by atoms with E-state index in [2.05, 4.69) is 10.2 Å². The summed E-state index contributed by atoms with van der Waals surface area (Å²) in [6.45, 7) is 1.99. The lowest BCUT2D eigenvalue weighted by molar-refractivity contribution is -0.119. The molecule has 1 atom stereocenters. The molecule has 1 heterocycles. The Hall–Kier alpha value is -1.44. The average molecular weight is 326 g/mol. The van der Waals surface area contributed by atoms with E-state index in [4.69, 9.17) is 4.18 Å². The van der Waals surface area contributed by atoms with E-state index >= 15 is 0 Å². The van der Waals surface area contributed by atoms with Gasteiger partial charge in [-0.25, -0.2) is 0 Å². The highest BCUT2D eigenvalue weighted by molar-refractivity contribution is 7.85. The van der Waals surface area contributed by atoms with Gasteiger partial charge in [0.05, 0.1) is 12.9 Å². The monoisotopic (exact) mass is 326 g/mol. The van der Waals surface area contributed by atoms with Crippen LogP contribution in [0, 0.1) is 0 Å². The number of carbonyl (C=O) groups excluding carboxylic acids is 1. The first-order valence-corrected chi connectivity index (χ1v) is 9.14. The molecule has 1 N–H and O–H groups in total. The summed E-state index contributed by atoms with van der Waals surface area (Å²) in [5, 5.41) is 2.94. The number of benzene rings is 1. The van der Waals surface area contributed by atoms with Crippen molar-refractivity contribution in [3.63, 3.8) is 0 Å². The molecule has 2 rings (SSSR count). The van der Waals surface area contributed by atoms with Crippen LogP contribution in [0.5, 0.6) is 0 Å². The fraction of sp³-hybridized carbons (Fsp3) is 0.533. The van der Waals surface area contributed by atoms with Gasteiger partial charge < -0.3 is 5.32 Å². The summed E-state index contributed by atoms with van der Waals surface area (Å²) in [4.78, 5) is 13.4. The van der Waals surface area contributed by atoms with Crippen LogP contribution < -0.4 is 5.32 Å². The fourth-order valence-corrected chi connectivity index (χ4v) is 2.90. The third kappa shape index (κ3) is 6.13. The Morgan fingerprint density at radius 1 is 1.32 bits per heavy atom. The SMILES string of the molecule is CS(=O)(=O)OCCN(Cc1ccccc1)CC1CCC(=O)N1. The maximum Gasteiger partial charge on any atom is 0.264 e. The quantitative estimate of drug-likeness (QED) is 0.713. The van der Waals surface area contributed by atoms with Crippen molar-refractivity contribution < 1.29 is 17.4 Å². The fourth-order valence-electron chi connectivity index (χ4n) is 2.52. The normalized spacial score (nSPS) is 18.6. The standard InChI is InChI=1S/C15H22N2O4S/c1-22(19,20)21-10-9-17(11-13-5-3-2-4-6-13)12-14-7-8-15(18)16-14/h2-6,14H,7-12H2,1H3,(H,16,18). The van der Waals surface area contributed by atoms with Crippen LogP contribution in [0.2, 0.25) is 0 Å². The van der Waals surface area contributed by atoms with Gasteiger partial charge in [0.25, 0.3) is 10.1 Å². The molecule has 22 heavy (non-hydrogen) atoms. The predicted octanol–water partition coefficient (Wildman–Crippen LogP) is 0.743. The van der Waals surface area contributed by atoms with Gasteiger partial charge in [-0.1, -0.05) is 30.3 Å². The molecule has 1 amide bonds. The number of hydrogen-bond acceptors (Lipinski definition) is 5. The van der Waals surface area contributed by atoms with Gasteiger partial charge in [-0.2, -0.15) is 8.42 Å². The van der Waals surface area contributed by atoms with E-state index in [1.54, 1.807) is 0 Å². The van der Waals surface area contributed by atoms with Gasteiger partial charge in [0.1, 0.15) is 0 Å². The first kappa shape index (κ1) is 16.9. The Morgan fingerprint density at radius 3 is 2.64 bits per heavy atom. The van der Waals surface area contributed by atoms with E-state index in [9.17, 15) is 13.2 Å². The third-order valence-electron chi connectivity index (χ3n) is 3.52. The van der Waals surface area contributed by atoms with Crippen LogP contribution in [0.1, 0.15) is 18.4 Å². The zero-order valence-corrected chi connectivity index (χ0v) is 13.5. The van der Waals surface area contributed by atoms with Gasteiger partial charge in [-0.05, 0) is 12.0 Å². The van der Waals surface area contributed by atoms with E-state index in [1.807, 2.05) is 30.3 Å². The van der Waals surface area contributed by atoms with E-state index < -0.39 is 10.1 Å². The van der Waals surface area contributed by atoms with Gasteiger partial charge in [0.2, 0.25) is 5.91 Å². The molecule has 0 bridgehead atoms. The Balaban J connectivity index is 1.92. The van der Waals surface area contributed by atoms with Gasteiger partial charge >= 0.3 is 0 Å². The minimum atomic E-state index is -3.43. The van der Waals surface area contributed by atoms with Crippen molar-refractivity contribution in [1.82, 2.24) is 10.2 Å². The molecule has 122 valence electrons. The molecule has 0 radical (unpaired) electrons. The minimum Gasteiger partial charge on any atom is -0.352 e. The molecular weight excluding hydrogens is 304 g/mol. The highest BCUT2D eigenvalue weighted by Crippen LogP contribution is 2.11. The molecule has 1 unspecified atom stereocenters. The van der Waals surface area contributed by atoms with Crippen LogP contribution in [0.15, 0.2) is 30.3 Å². The molecule has 6 nitrogen and oxygen atoms in total. The van der Waals surface area contributed by atoms with Crippen LogP contribution >= 0.6 is 0 Å². The lowest BCUT2D eigenvalue weighted by atomic mass is 10.1.